The van der Waals surface area contributed by atoms with Crippen LogP contribution >= 0.6 is 0 Å². The third kappa shape index (κ3) is 2.79. The van der Waals surface area contributed by atoms with Gasteiger partial charge in [0.15, 0.2) is 0 Å². The highest BCUT2D eigenvalue weighted by atomic mass is 16.3. The highest BCUT2D eigenvalue weighted by Gasteiger charge is 2.12. The van der Waals surface area contributed by atoms with Crippen LogP contribution in [0.4, 0.5) is 5.69 Å². The van der Waals surface area contributed by atoms with E-state index in [0.717, 1.165) is 16.8 Å². The fourth-order valence-electron chi connectivity index (χ4n) is 2.61. The van der Waals surface area contributed by atoms with Crippen molar-refractivity contribution >= 4 is 5.69 Å². The molecule has 0 radical (unpaired) electrons. The van der Waals surface area contributed by atoms with Crippen molar-refractivity contribution in [2.75, 3.05) is 5.32 Å². The maximum absolute atomic E-state index is 10.0. The van der Waals surface area contributed by atoms with Crippen molar-refractivity contribution in [1.82, 2.24) is 0 Å². The van der Waals surface area contributed by atoms with Crippen LogP contribution in [0.1, 0.15) is 40.8 Å². The van der Waals surface area contributed by atoms with Crippen LogP contribution in [0.5, 0.6) is 5.75 Å². The summed E-state index contributed by atoms with van der Waals surface area (Å²) in [4.78, 5) is 0. The lowest BCUT2D eigenvalue weighted by Crippen LogP contribution is -2.09. The highest BCUT2D eigenvalue weighted by Crippen LogP contribution is 2.31. The molecule has 0 fully saturated rings. The molecule has 0 saturated carbocycles. The molecule has 2 rings (SSSR count). The van der Waals surface area contributed by atoms with Gasteiger partial charge < -0.3 is 10.4 Å². The molecule has 0 aliphatic carbocycles. The first-order valence-corrected chi connectivity index (χ1v) is 7.03. The summed E-state index contributed by atoms with van der Waals surface area (Å²) in [5.74, 6) is 0.378. The standard InChI is InChI=1S/C18H23NO/c1-11-6-8-16(13(3)10-11)15(5)19-17-9-7-12(2)18(20)14(17)4/h6-10,15,19-20H,1-5H3. The van der Waals surface area contributed by atoms with Gasteiger partial charge in [-0.2, -0.15) is 0 Å². The molecule has 0 aliphatic rings. The summed E-state index contributed by atoms with van der Waals surface area (Å²) < 4.78 is 0. The Balaban J connectivity index is 2.28. The van der Waals surface area contributed by atoms with E-state index in [1.807, 2.05) is 26.0 Å². The topological polar surface area (TPSA) is 32.3 Å². The second kappa shape index (κ2) is 5.58. The molecule has 1 atom stereocenters. The fraction of sp³-hybridized carbons (Fsp3) is 0.333. The quantitative estimate of drug-likeness (QED) is 0.839. The number of aryl methyl sites for hydroxylation is 3. The Labute approximate surface area is 121 Å². The number of hydrogen-bond acceptors (Lipinski definition) is 2. The summed E-state index contributed by atoms with van der Waals surface area (Å²) in [6.45, 7) is 10.3. The predicted molar refractivity (Wildman–Crippen MR) is 85.5 cm³/mol. The van der Waals surface area contributed by atoms with Gasteiger partial charge in [0.25, 0.3) is 0 Å². The smallest absolute Gasteiger partial charge is 0.123 e. The summed E-state index contributed by atoms with van der Waals surface area (Å²) >= 11 is 0. The van der Waals surface area contributed by atoms with Gasteiger partial charge in [-0.3, -0.25) is 0 Å². The number of phenolic OH excluding ortho intramolecular Hbond substituents is 1. The van der Waals surface area contributed by atoms with E-state index in [1.165, 1.54) is 16.7 Å². The average molecular weight is 269 g/mol. The van der Waals surface area contributed by atoms with Crippen molar-refractivity contribution in [1.29, 1.82) is 0 Å². The lowest BCUT2D eigenvalue weighted by Gasteiger charge is -2.20. The molecule has 0 aromatic heterocycles. The number of benzene rings is 2. The van der Waals surface area contributed by atoms with E-state index in [0.29, 0.717) is 5.75 Å². The molecule has 2 aromatic carbocycles. The number of phenols is 1. The normalized spacial score (nSPS) is 12.2. The summed E-state index contributed by atoms with van der Waals surface area (Å²) in [5, 5.41) is 13.5. The molecule has 1 unspecified atom stereocenters. The van der Waals surface area contributed by atoms with E-state index in [4.69, 9.17) is 0 Å². The van der Waals surface area contributed by atoms with Gasteiger partial charge in [0, 0.05) is 17.3 Å². The number of hydrogen-bond donors (Lipinski definition) is 2. The van der Waals surface area contributed by atoms with Gasteiger partial charge in [0.1, 0.15) is 5.75 Å². The largest absolute Gasteiger partial charge is 0.507 e. The van der Waals surface area contributed by atoms with E-state index in [-0.39, 0.29) is 6.04 Å². The van der Waals surface area contributed by atoms with Gasteiger partial charge in [-0.05, 0) is 57.4 Å². The molecular formula is C18H23NO. The van der Waals surface area contributed by atoms with Gasteiger partial charge in [-0.1, -0.05) is 29.8 Å². The molecule has 2 aromatic rings. The van der Waals surface area contributed by atoms with Gasteiger partial charge >= 0.3 is 0 Å². The molecule has 106 valence electrons. The fourth-order valence-corrected chi connectivity index (χ4v) is 2.61. The molecule has 20 heavy (non-hydrogen) atoms. The Morgan fingerprint density at radius 1 is 0.950 bits per heavy atom. The number of rotatable bonds is 3. The van der Waals surface area contributed by atoms with E-state index in [9.17, 15) is 5.11 Å². The van der Waals surface area contributed by atoms with Gasteiger partial charge in [0.05, 0.1) is 0 Å². The molecule has 2 heteroatoms. The summed E-state index contributed by atoms with van der Waals surface area (Å²) in [7, 11) is 0. The lowest BCUT2D eigenvalue weighted by atomic mass is 9.99. The van der Waals surface area contributed by atoms with Crippen molar-refractivity contribution in [2.24, 2.45) is 0 Å². The van der Waals surface area contributed by atoms with Crippen molar-refractivity contribution in [3.05, 3.63) is 58.1 Å². The van der Waals surface area contributed by atoms with Crippen LogP contribution in [0.3, 0.4) is 0 Å². The molecular weight excluding hydrogens is 246 g/mol. The molecule has 0 aliphatic heterocycles. The maximum atomic E-state index is 10.0. The monoisotopic (exact) mass is 269 g/mol. The maximum Gasteiger partial charge on any atom is 0.123 e. The van der Waals surface area contributed by atoms with Crippen LogP contribution in [-0.2, 0) is 0 Å². The molecule has 0 spiro atoms. The first kappa shape index (κ1) is 14.4. The molecule has 0 heterocycles. The van der Waals surface area contributed by atoms with E-state index in [2.05, 4.69) is 44.3 Å². The van der Waals surface area contributed by atoms with E-state index < -0.39 is 0 Å². The van der Waals surface area contributed by atoms with Gasteiger partial charge in [0.2, 0.25) is 0 Å². The zero-order valence-electron chi connectivity index (χ0n) is 12.9. The van der Waals surface area contributed by atoms with Crippen LogP contribution < -0.4 is 5.32 Å². The molecule has 0 amide bonds. The van der Waals surface area contributed by atoms with Crippen LogP contribution in [0, 0.1) is 27.7 Å². The third-order valence-electron chi connectivity index (χ3n) is 3.90. The Hall–Kier alpha value is -1.96. The lowest BCUT2D eigenvalue weighted by molar-refractivity contribution is 0.467. The van der Waals surface area contributed by atoms with Crippen molar-refractivity contribution < 1.29 is 5.11 Å². The second-order valence-electron chi connectivity index (χ2n) is 5.63. The van der Waals surface area contributed by atoms with Crippen LogP contribution in [0.25, 0.3) is 0 Å². The second-order valence-corrected chi connectivity index (χ2v) is 5.63. The summed E-state index contributed by atoms with van der Waals surface area (Å²) in [6.07, 6.45) is 0. The Kier molecular flexibility index (Phi) is 4.03. The first-order valence-electron chi connectivity index (χ1n) is 7.03. The minimum Gasteiger partial charge on any atom is -0.507 e. The highest BCUT2D eigenvalue weighted by molar-refractivity contribution is 5.60. The number of nitrogens with one attached hydrogen (secondary N) is 1. The Morgan fingerprint density at radius 3 is 2.30 bits per heavy atom. The zero-order chi connectivity index (χ0) is 14.9. The van der Waals surface area contributed by atoms with Crippen molar-refractivity contribution in [2.45, 2.75) is 40.7 Å². The predicted octanol–water partition coefficient (Wildman–Crippen LogP) is 4.80. The Bertz CT molecular complexity index is 632. The van der Waals surface area contributed by atoms with Crippen LogP contribution in [0.15, 0.2) is 30.3 Å². The first-order chi connectivity index (χ1) is 9.40. The van der Waals surface area contributed by atoms with Crippen LogP contribution in [0.2, 0.25) is 0 Å². The minimum absolute atomic E-state index is 0.205. The number of anilines is 1. The van der Waals surface area contributed by atoms with E-state index >= 15 is 0 Å². The van der Waals surface area contributed by atoms with Crippen molar-refractivity contribution in [3.8, 4) is 5.75 Å². The molecule has 0 saturated heterocycles. The third-order valence-corrected chi connectivity index (χ3v) is 3.90. The van der Waals surface area contributed by atoms with Gasteiger partial charge in [-0.25, -0.2) is 0 Å². The van der Waals surface area contributed by atoms with Gasteiger partial charge in [-0.15, -0.1) is 0 Å². The average Bonchev–Trinajstić information content (AvgIpc) is 2.39. The number of aromatic hydroxyl groups is 1. The SMILES string of the molecule is Cc1ccc(C(C)Nc2ccc(C)c(O)c2C)c(C)c1. The summed E-state index contributed by atoms with van der Waals surface area (Å²) in [6, 6.07) is 10.7. The van der Waals surface area contributed by atoms with Crippen LogP contribution in [-0.4, -0.2) is 5.11 Å². The van der Waals surface area contributed by atoms with E-state index in [1.54, 1.807) is 0 Å². The minimum atomic E-state index is 0.205. The summed E-state index contributed by atoms with van der Waals surface area (Å²) in [5.41, 5.74) is 6.66. The molecule has 2 nitrogen and oxygen atoms in total. The zero-order valence-corrected chi connectivity index (χ0v) is 12.9. The molecule has 2 N–H and O–H groups in total. The van der Waals surface area contributed by atoms with Crippen molar-refractivity contribution in [3.63, 3.8) is 0 Å². The molecule has 0 bridgehead atoms. The Morgan fingerprint density at radius 2 is 1.65 bits per heavy atom.